The van der Waals surface area contributed by atoms with E-state index in [1.807, 2.05) is 0 Å². The van der Waals surface area contributed by atoms with Crippen LogP contribution in [0.15, 0.2) is 0 Å². The van der Waals surface area contributed by atoms with Gasteiger partial charge in [-0.05, 0) is 11.6 Å². The fraction of sp³-hybridized carbons (Fsp3) is 0.800. The van der Waals surface area contributed by atoms with Gasteiger partial charge in [0.05, 0.1) is 0 Å². The van der Waals surface area contributed by atoms with Crippen molar-refractivity contribution in [3.05, 3.63) is 0 Å². The summed E-state index contributed by atoms with van der Waals surface area (Å²) in [4.78, 5) is 12.1. The number of halogens is 1. The molecule has 0 aromatic heterocycles. The molecule has 3 nitrogen and oxygen atoms in total. The summed E-state index contributed by atoms with van der Waals surface area (Å²) < 4.78 is 0. The highest BCUT2D eigenvalue weighted by atomic mass is 35.5. The molecular formula is C5H9ClN2O. The van der Waals surface area contributed by atoms with Gasteiger partial charge in [-0.25, -0.2) is 0 Å². The van der Waals surface area contributed by atoms with E-state index in [1.54, 1.807) is 4.90 Å². The zero-order chi connectivity index (χ0) is 6.69. The second-order valence-corrected chi connectivity index (χ2v) is 2.31. The second kappa shape index (κ2) is 3.03. The van der Waals surface area contributed by atoms with Crippen molar-refractivity contribution < 1.29 is 4.79 Å². The predicted octanol–water partition coefficient (Wildman–Crippen LogP) is 0.250. The number of rotatable bonds is 0. The maximum Gasteiger partial charge on any atom is 0.316 e. The van der Waals surface area contributed by atoms with E-state index in [1.165, 1.54) is 0 Å². The SMILES string of the molecule is O=C(Cl)N1CCNCC1. The van der Waals surface area contributed by atoms with Gasteiger partial charge in [-0.15, -0.1) is 0 Å². The molecule has 1 aliphatic rings. The third-order valence-corrected chi connectivity index (χ3v) is 1.60. The van der Waals surface area contributed by atoms with E-state index in [4.69, 9.17) is 11.6 Å². The standard InChI is InChI=1S/C5H9ClN2O/c6-5(9)8-3-1-7-2-4-8/h7H,1-4H2. The Kier molecular flexibility index (Phi) is 2.30. The van der Waals surface area contributed by atoms with E-state index in [9.17, 15) is 4.79 Å². The first-order chi connectivity index (χ1) is 4.30. The van der Waals surface area contributed by atoms with Crippen molar-refractivity contribution >= 4 is 17.0 Å². The number of piperazine rings is 1. The number of hydrogen-bond acceptors (Lipinski definition) is 2. The van der Waals surface area contributed by atoms with Crippen LogP contribution < -0.4 is 5.32 Å². The third kappa shape index (κ3) is 1.84. The zero-order valence-corrected chi connectivity index (χ0v) is 5.82. The number of nitrogens with one attached hydrogen (secondary N) is 1. The maximum absolute atomic E-state index is 10.5. The Morgan fingerprint density at radius 1 is 1.44 bits per heavy atom. The lowest BCUT2D eigenvalue weighted by Crippen LogP contribution is -2.44. The summed E-state index contributed by atoms with van der Waals surface area (Å²) in [5.41, 5.74) is 0. The summed E-state index contributed by atoms with van der Waals surface area (Å²) in [7, 11) is 0. The molecule has 1 aliphatic heterocycles. The molecule has 0 aromatic carbocycles. The van der Waals surface area contributed by atoms with Gasteiger partial charge in [0.2, 0.25) is 0 Å². The summed E-state index contributed by atoms with van der Waals surface area (Å²) in [6, 6.07) is 0. The van der Waals surface area contributed by atoms with E-state index in [-0.39, 0.29) is 5.37 Å². The minimum atomic E-state index is -0.337. The van der Waals surface area contributed by atoms with Crippen molar-refractivity contribution in [3.8, 4) is 0 Å². The highest BCUT2D eigenvalue weighted by Crippen LogP contribution is 1.96. The molecular weight excluding hydrogens is 140 g/mol. The molecule has 0 aromatic rings. The lowest BCUT2D eigenvalue weighted by Gasteiger charge is -2.24. The molecule has 0 atom stereocenters. The monoisotopic (exact) mass is 148 g/mol. The van der Waals surface area contributed by atoms with Crippen molar-refractivity contribution in [1.82, 2.24) is 10.2 Å². The van der Waals surface area contributed by atoms with E-state index >= 15 is 0 Å². The van der Waals surface area contributed by atoms with E-state index in [0.29, 0.717) is 0 Å². The summed E-state index contributed by atoms with van der Waals surface area (Å²) in [5, 5.41) is 2.78. The van der Waals surface area contributed by atoms with Crippen LogP contribution in [-0.2, 0) is 0 Å². The second-order valence-electron chi connectivity index (χ2n) is 1.99. The van der Waals surface area contributed by atoms with Crippen molar-refractivity contribution in [1.29, 1.82) is 0 Å². The quantitative estimate of drug-likeness (QED) is 0.395. The third-order valence-electron chi connectivity index (χ3n) is 1.37. The summed E-state index contributed by atoms with van der Waals surface area (Å²) >= 11 is 5.22. The summed E-state index contributed by atoms with van der Waals surface area (Å²) in [6.07, 6.45) is 0. The number of amides is 1. The molecule has 1 saturated heterocycles. The van der Waals surface area contributed by atoms with Gasteiger partial charge >= 0.3 is 5.37 Å². The lowest BCUT2D eigenvalue weighted by atomic mass is 10.4. The molecule has 1 heterocycles. The Morgan fingerprint density at radius 2 is 2.00 bits per heavy atom. The summed E-state index contributed by atoms with van der Waals surface area (Å²) in [6.45, 7) is 3.20. The van der Waals surface area contributed by atoms with Crippen LogP contribution in [-0.4, -0.2) is 36.4 Å². The molecule has 0 saturated carbocycles. The number of carbonyl (C=O) groups is 1. The van der Waals surface area contributed by atoms with Crippen LogP contribution >= 0.6 is 11.6 Å². The molecule has 0 spiro atoms. The molecule has 0 aliphatic carbocycles. The Bertz CT molecular complexity index is 112. The molecule has 1 fully saturated rings. The van der Waals surface area contributed by atoms with Crippen LogP contribution in [0.2, 0.25) is 0 Å². The maximum atomic E-state index is 10.5. The molecule has 9 heavy (non-hydrogen) atoms. The van der Waals surface area contributed by atoms with Crippen molar-refractivity contribution in [2.75, 3.05) is 26.2 Å². The van der Waals surface area contributed by atoms with Crippen LogP contribution in [0, 0.1) is 0 Å². The fourth-order valence-electron chi connectivity index (χ4n) is 0.841. The van der Waals surface area contributed by atoms with Gasteiger partial charge < -0.3 is 10.2 Å². The molecule has 0 bridgehead atoms. The van der Waals surface area contributed by atoms with Crippen LogP contribution in [0.1, 0.15) is 0 Å². The molecule has 4 heteroatoms. The van der Waals surface area contributed by atoms with Crippen LogP contribution in [0.4, 0.5) is 4.79 Å². The first kappa shape index (κ1) is 6.83. The van der Waals surface area contributed by atoms with E-state index in [0.717, 1.165) is 26.2 Å². The van der Waals surface area contributed by atoms with E-state index < -0.39 is 0 Å². The first-order valence-corrected chi connectivity index (χ1v) is 3.33. The van der Waals surface area contributed by atoms with E-state index in [2.05, 4.69) is 5.32 Å². The fourth-order valence-corrected chi connectivity index (χ4v) is 1.01. The average Bonchev–Trinajstić information content (AvgIpc) is 1.90. The summed E-state index contributed by atoms with van der Waals surface area (Å²) in [5.74, 6) is 0. The van der Waals surface area contributed by atoms with Gasteiger partial charge in [-0.1, -0.05) is 0 Å². The minimum absolute atomic E-state index is 0.337. The number of nitrogens with zero attached hydrogens (tertiary/aromatic N) is 1. The molecule has 1 rings (SSSR count). The minimum Gasteiger partial charge on any atom is -0.327 e. The van der Waals surface area contributed by atoms with Crippen LogP contribution in [0.5, 0.6) is 0 Å². The molecule has 52 valence electrons. The normalized spacial score (nSPS) is 19.9. The average molecular weight is 149 g/mol. The molecule has 0 radical (unpaired) electrons. The van der Waals surface area contributed by atoms with Gasteiger partial charge in [0.1, 0.15) is 0 Å². The topological polar surface area (TPSA) is 32.3 Å². The molecule has 1 N–H and O–H groups in total. The number of hydrogen-bond donors (Lipinski definition) is 1. The van der Waals surface area contributed by atoms with Gasteiger partial charge in [0, 0.05) is 26.2 Å². The molecule has 1 amide bonds. The Hall–Kier alpha value is -0.280. The number of carbonyl (C=O) groups excluding carboxylic acids is 1. The highest BCUT2D eigenvalue weighted by molar-refractivity contribution is 6.62. The predicted molar refractivity (Wildman–Crippen MR) is 35.7 cm³/mol. The Balaban J connectivity index is 2.31. The Morgan fingerprint density at radius 3 is 2.33 bits per heavy atom. The molecule has 0 unspecified atom stereocenters. The lowest BCUT2D eigenvalue weighted by molar-refractivity contribution is 0.214. The van der Waals surface area contributed by atoms with Gasteiger partial charge in [0.15, 0.2) is 0 Å². The first-order valence-electron chi connectivity index (χ1n) is 2.96. The Labute approximate surface area is 59.0 Å². The van der Waals surface area contributed by atoms with Gasteiger partial charge in [0.25, 0.3) is 0 Å². The van der Waals surface area contributed by atoms with Crippen molar-refractivity contribution in [3.63, 3.8) is 0 Å². The van der Waals surface area contributed by atoms with Gasteiger partial charge in [-0.3, -0.25) is 4.79 Å². The van der Waals surface area contributed by atoms with Gasteiger partial charge in [-0.2, -0.15) is 0 Å². The van der Waals surface area contributed by atoms with Crippen LogP contribution in [0.3, 0.4) is 0 Å². The largest absolute Gasteiger partial charge is 0.327 e. The smallest absolute Gasteiger partial charge is 0.316 e. The highest BCUT2D eigenvalue weighted by Gasteiger charge is 2.12. The van der Waals surface area contributed by atoms with Crippen molar-refractivity contribution in [2.45, 2.75) is 0 Å². The zero-order valence-electron chi connectivity index (χ0n) is 5.06. The van der Waals surface area contributed by atoms with Crippen molar-refractivity contribution in [2.24, 2.45) is 0 Å². The van der Waals surface area contributed by atoms with Crippen LogP contribution in [0.25, 0.3) is 0 Å².